The number of nitrogens with two attached hydrogens (primary N) is 1. The topological polar surface area (TPSA) is 61.2 Å². The SMILES string of the molecule is CCCn1c(=O)oc2cc([C@@H](N)CC)ccc21. The summed E-state index contributed by atoms with van der Waals surface area (Å²) in [5.41, 5.74) is 8.45. The molecule has 0 saturated carbocycles. The van der Waals surface area contributed by atoms with Crippen LogP contribution in [0.3, 0.4) is 0 Å². The first-order valence-electron chi connectivity index (χ1n) is 6.06. The normalized spacial score (nSPS) is 13.1. The molecule has 0 saturated heterocycles. The number of benzene rings is 1. The van der Waals surface area contributed by atoms with Gasteiger partial charge in [0.1, 0.15) is 0 Å². The van der Waals surface area contributed by atoms with Crippen LogP contribution in [0.2, 0.25) is 0 Å². The van der Waals surface area contributed by atoms with Gasteiger partial charge in [0.05, 0.1) is 5.52 Å². The highest BCUT2D eigenvalue weighted by atomic mass is 16.4. The first-order chi connectivity index (χ1) is 8.17. The third kappa shape index (κ3) is 2.13. The highest BCUT2D eigenvalue weighted by molar-refractivity contribution is 5.73. The Morgan fingerprint density at radius 2 is 2.18 bits per heavy atom. The van der Waals surface area contributed by atoms with Crippen molar-refractivity contribution in [2.45, 2.75) is 39.3 Å². The van der Waals surface area contributed by atoms with Crippen LogP contribution in [-0.2, 0) is 6.54 Å². The van der Waals surface area contributed by atoms with Crippen molar-refractivity contribution in [1.29, 1.82) is 0 Å². The summed E-state index contributed by atoms with van der Waals surface area (Å²) in [5.74, 6) is -0.288. The highest BCUT2D eigenvalue weighted by Crippen LogP contribution is 2.20. The molecule has 1 heterocycles. The Morgan fingerprint density at radius 1 is 1.41 bits per heavy atom. The van der Waals surface area contributed by atoms with Crippen molar-refractivity contribution in [1.82, 2.24) is 4.57 Å². The fourth-order valence-electron chi connectivity index (χ4n) is 1.98. The van der Waals surface area contributed by atoms with Gasteiger partial charge in [0.15, 0.2) is 5.58 Å². The minimum atomic E-state index is -0.288. The zero-order valence-corrected chi connectivity index (χ0v) is 10.3. The number of oxazole rings is 1. The van der Waals surface area contributed by atoms with Crippen molar-refractivity contribution in [2.75, 3.05) is 0 Å². The monoisotopic (exact) mass is 234 g/mol. The van der Waals surface area contributed by atoms with Gasteiger partial charge >= 0.3 is 5.76 Å². The lowest BCUT2D eigenvalue weighted by atomic mass is 10.1. The molecule has 0 aliphatic carbocycles. The zero-order chi connectivity index (χ0) is 12.4. The van der Waals surface area contributed by atoms with Crippen LogP contribution >= 0.6 is 0 Å². The van der Waals surface area contributed by atoms with Gasteiger partial charge in [-0.25, -0.2) is 4.79 Å². The molecule has 0 radical (unpaired) electrons. The van der Waals surface area contributed by atoms with Crippen LogP contribution in [0.25, 0.3) is 11.1 Å². The van der Waals surface area contributed by atoms with E-state index < -0.39 is 0 Å². The van der Waals surface area contributed by atoms with E-state index in [9.17, 15) is 4.79 Å². The van der Waals surface area contributed by atoms with Gasteiger partial charge in [-0.3, -0.25) is 4.57 Å². The van der Waals surface area contributed by atoms with Gasteiger partial charge in [-0.2, -0.15) is 0 Å². The van der Waals surface area contributed by atoms with Gasteiger partial charge in [0.2, 0.25) is 0 Å². The molecule has 0 spiro atoms. The summed E-state index contributed by atoms with van der Waals surface area (Å²) in [7, 11) is 0. The Kier molecular flexibility index (Phi) is 3.33. The minimum absolute atomic E-state index is 0.000716. The third-order valence-corrected chi connectivity index (χ3v) is 3.01. The Hall–Kier alpha value is -1.55. The van der Waals surface area contributed by atoms with Gasteiger partial charge in [0.25, 0.3) is 0 Å². The van der Waals surface area contributed by atoms with Gasteiger partial charge in [-0.15, -0.1) is 0 Å². The van der Waals surface area contributed by atoms with E-state index >= 15 is 0 Å². The van der Waals surface area contributed by atoms with E-state index in [-0.39, 0.29) is 11.8 Å². The van der Waals surface area contributed by atoms with E-state index in [1.54, 1.807) is 4.57 Å². The van der Waals surface area contributed by atoms with Crippen LogP contribution in [0.1, 0.15) is 38.3 Å². The van der Waals surface area contributed by atoms with Crippen molar-refractivity contribution in [3.8, 4) is 0 Å². The van der Waals surface area contributed by atoms with Gasteiger partial charge < -0.3 is 10.2 Å². The fourth-order valence-corrected chi connectivity index (χ4v) is 1.98. The zero-order valence-electron chi connectivity index (χ0n) is 10.3. The standard InChI is InChI=1S/C13H18N2O2/c1-3-7-15-11-6-5-9(10(14)4-2)8-12(11)17-13(15)16/h5-6,8,10H,3-4,7,14H2,1-2H3/t10-/m0/s1. The maximum absolute atomic E-state index is 11.6. The molecule has 2 N–H and O–H groups in total. The Balaban J connectivity index is 2.53. The van der Waals surface area contributed by atoms with Crippen LogP contribution in [0.5, 0.6) is 0 Å². The Morgan fingerprint density at radius 3 is 2.82 bits per heavy atom. The molecule has 0 fully saturated rings. The smallest absolute Gasteiger partial charge is 0.408 e. The lowest BCUT2D eigenvalue weighted by molar-refractivity contribution is 0.502. The Labute approximate surface area is 100 Å². The van der Waals surface area contributed by atoms with Crippen LogP contribution in [0, 0.1) is 0 Å². The average Bonchev–Trinajstić information content (AvgIpc) is 2.64. The fraction of sp³-hybridized carbons (Fsp3) is 0.462. The van der Waals surface area contributed by atoms with Crippen molar-refractivity contribution < 1.29 is 4.42 Å². The number of hydrogen-bond donors (Lipinski definition) is 1. The molecule has 1 atom stereocenters. The molecule has 4 heteroatoms. The molecule has 17 heavy (non-hydrogen) atoms. The predicted octanol–water partition coefficient (Wildman–Crippen LogP) is 2.41. The molecule has 0 amide bonds. The lowest BCUT2D eigenvalue weighted by Gasteiger charge is -2.08. The molecule has 0 aliphatic heterocycles. The van der Waals surface area contributed by atoms with Crippen molar-refractivity contribution in [3.63, 3.8) is 0 Å². The number of aromatic nitrogens is 1. The number of fused-ring (bicyclic) bond motifs is 1. The summed E-state index contributed by atoms with van der Waals surface area (Å²) in [6, 6.07) is 5.76. The van der Waals surface area contributed by atoms with E-state index in [1.165, 1.54) is 0 Å². The summed E-state index contributed by atoms with van der Waals surface area (Å²) in [6.45, 7) is 4.75. The quantitative estimate of drug-likeness (QED) is 0.883. The van der Waals surface area contributed by atoms with Crippen LogP contribution in [0.15, 0.2) is 27.4 Å². The summed E-state index contributed by atoms with van der Waals surface area (Å²) in [4.78, 5) is 11.6. The average molecular weight is 234 g/mol. The molecule has 0 unspecified atom stereocenters. The first kappa shape index (κ1) is 11.9. The molecular formula is C13H18N2O2. The predicted molar refractivity (Wildman–Crippen MR) is 68.0 cm³/mol. The second-order valence-corrected chi connectivity index (χ2v) is 4.26. The number of rotatable bonds is 4. The molecule has 0 bridgehead atoms. The lowest BCUT2D eigenvalue weighted by Crippen LogP contribution is -2.13. The largest absolute Gasteiger partial charge is 0.419 e. The second-order valence-electron chi connectivity index (χ2n) is 4.26. The molecule has 4 nitrogen and oxygen atoms in total. The second kappa shape index (κ2) is 4.75. The summed E-state index contributed by atoms with van der Waals surface area (Å²) >= 11 is 0. The Bertz CT molecular complexity index is 568. The number of hydrogen-bond acceptors (Lipinski definition) is 3. The van der Waals surface area contributed by atoms with Crippen LogP contribution in [0.4, 0.5) is 0 Å². The van der Waals surface area contributed by atoms with Crippen molar-refractivity contribution in [2.24, 2.45) is 5.73 Å². The van der Waals surface area contributed by atoms with E-state index in [2.05, 4.69) is 0 Å². The molecule has 0 aliphatic rings. The van der Waals surface area contributed by atoms with Gasteiger partial charge in [-0.1, -0.05) is 19.9 Å². The molecular weight excluding hydrogens is 216 g/mol. The maximum Gasteiger partial charge on any atom is 0.419 e. The summed E-state index contributed by atoms with van der Waals surface area (Å²) in [5, 5.41) is 0. The molecule has 1 aromatic heterocycles. The molecule has 92 valence electrons. The van der Waals surface area contributed by atoms with E-state index in [1.807, 2.05) is 32.0 Å². The molecule has 1 aromatic carbocycles. The number of nitrogens with zero attached hydrogens (tertiary/aromatic N) is 1. The first-order valence-corrected chi connectivity index (χ1v) is 6.06. The van der Waals surface area contributed by atoms with E-state index in [4.69, 9.17) is 10.2 Å². The van der Waals surface area contributed by atoms with Crippen LogP contribution < -0.4 is 11.5 Å². The van der Waals surface area contributed by atoms with Crippen LogP contribution in [-0.4, -0.2) is 4.57 Å². The summed E-state index contributed by atoms with van der Waals surface area (Å²) < 4.78 is 6.90. The van der Waals surface area contributed by atoms with Gasteiger partial charge in [-0.05, 0) is 30.5 Å². The highest BCUT2D eigenvalue weighted by Gasteiger charge is 2.11. The van der Waals surface area contributed by atoms with E-state index in [0.717, 1.165) is 23.9 Å². The van der Waals surface area contributed by atoms with Crippen molar-refractivity contribution >= 4 is 11.1 Å². The number of aryl methyl sites for hydroxylation is 1. The molecule has 2 aromatic rings. The molecule has 2 rings (SSSR count). The van der Waals surface area contributed by atoms with Gasteiger partial charge in [0, 0.05) is 12.6 Å². The minimum Gasteiger partial charge on any atom is -0.408 e. The third-order valence-electron chi connectivity index (χ3n) is 3.01. The van der Waals surface area contributed by atoms with Crippen molar-refractivity contribution in [3.05, 3.63) is 34.3 Å². The van der Waals surface area contributed by atoms with E-state index in [0.29, 0.717) is 12.1 Å². The summed E-state index contributed by atoms with van der Waals surface area (Å²) in [6.07, 6.45) is 1.77. The maximum atomic E-state index is 11.6.